The molecule has 1 unspecified atom stereocenters. The van der Waals surface area contributed by atoms with Gasteiger partial charge < -0.3 is 18.4 Å². The van der Waals surface area contributed by atoms with E-state index in [0.717, 1.165) is 10.9 Å². The van der Waals surface area contributed by atoms with E-state index in [0.29, 0.717) is 5.92 Å². The molecule has 0 saturated carbocycles. The van der Waals surface area contributed by atoms with Crippen molar-refractivity contribution in [3.8, 4) is 11.1 Å². The SMILES string of the molecule is CN1C2=Cc3[c-]c(Br)ccc3C2c2ccccc21.[Cl][Zr][Cl].[SH-].[c-]1cccc2c1-c1ccccc1C2. The van der Waals surface area contributed by atoms with E-state index in [4.69, 9.17) is 17.0 Å². The molecule has 0 N–H and O–H groups in total. The van der Waals surface area contributed by atoms with Gasteiger partial charge in [-0.1, -0.05) is 74.0 Å². The molecule has 1 nitrogen and oxygen atoms in total. The van der Waals surface area contributed by atoms with Crippen molar-refractivity contribution in [3.05, 3.63) is 129 Å². The van der Waals surface area contributed by atoms with Gasteiger partial charge in [-0.25, -0.2) is 0 Å². The molecule has 7 rings (SSSR count). The molecule has 3 aliphatic rings. The van der Waals surface area contributed by atoms with Gasteiger partial charge in [-0.2, -0.15) is 0 Å². The van der Waals surface area contributed by atoms with Crippen molar-refractivity contribution in [2.75, 3.05) is 11.9 Å². The van der Waals surface area contributed by atoms with Crippen LogP contribution in [-0.2, 0) is 40.8 Å². The molecule has 0 radical (unpaired) electrons. The standard InChI is InChI=1S/C16H11BrN.C13H9.2ClH.H2S.Zr/c1-18-14-5-3-2-4-13(14)16-12-7-6-11(17)8-10(12)9-15(16)18;1-3-7-12-10(5-1)9-11-6-2-4-8-13(11)12;;;;/h2-7,9,16H,1H3;1-7H,9H2;2*1H;1H2;/q2*-1;;;;+2/p-3. The number of benzene rings is 4. The number of allylic oxidation sites excluding steroid dienone is 1. The Labute approximate surface area is 241 Å². The summed E-state index contributed by atoms with van der Waals surface area (Å²) >= 11 is 2.67. The van der Waals surface area contributed by atoms with Crippen LogP contribution in [0.4, 0.5) is 5.69 Å². The summed E-state index contributed by atoms with van der Waals surface area (Å²) in [6, 6.07) is 34.4. The molecular weight excluding hydrogens is 636 g/mol. The Morgan fingerprint density at radius 3 is 2.46 bits per heavy atom. The Morgan fingerprint density at radius 2 is 1.63 bits per heavy atom. The number of anilines is 1. The Hall–Kier alpha value is -1.29. The van der Waals surface area contributed by atoms with Crippen LogP contribution in [0, 0.1) is 12.1 Å². The van der Waals surface area contributed by atoms with Gasteiger partial charge >= 0.3 is 37.9 Å². The maximum absolute atomic E-state index is 4.93. The molecule has 1 atom stereocenters. The minimum atomic E-state index is -0.826. The van der Waals surface area contributed by atoms with Crippen LogP contribution in [-0.4, -0.2) is 7.05 Å². The quantitative estimate of drug-likeness (QED) is 0.0936. The molecule has 0 aromatic heterocycles. The van der Waals surface area contributed by atoms with Gasteiger partial charge in [0, 0.05) is 18.7 Å². The van der Waals surface area contributed by atoms with Crippen LogP contribution >= 0.6 is 33.0 Å². The Kier molecular flexibility index (Phi) is 9.06. The maximum atomic E-state index is 4.93. The summed E-state index contributed by atoms with van der Waals surface area (Å²) in [5.74, 6) is 0.394. The van der Waals surface area contributed by atoms with E-state index in [1.54, 1.807) is 0 Å². The molecule has 0 amide bonds. The second-order valence-corrected chi connectivity index (χ2v) is 12.9. The average Bonchev–Trinajstić information content (AvgIpc) is 3.50. The minimum absolute atomic E-state index is 0. The number of rotatable bonds is 0. The van der Waals surface area contributed by atoms with Gasteiger partial charge in [-0.05, 0) is 23.7 Å². The zero-order chi connectivity index (χ0) is 23.7. The van der Waals surface area contributed by atoms with Crippen LogP contribution in [0.1, 0.15) is 33.7 Å². The number of likely N-dealkylation sites (N-methyl/N-ethyl adjacent to an activating group) is 1. The number of thiol groups is 1. The number of hydrogen-bond donors (Lipinski definition) is 0. The molecule has 4 aromatic carbocycles. The molecule has 2 aliphatic carbocycles. The fourth-order valence-corrected chi connectivity index (χ4v) is 5.39. The first-order chi connectivity index (χ1) is 16.6. The Bertz CT molecular complexity index is 1350. The summed E-state index contributed by atoms with van der Waals surface area (Å²) in [7, 11) is 12.0. The first-order valence-corrected chi connectivity index (χ1v) is 18.0. The molecular formula is C29H21BrCl2NSZr-3. The third kappa shape index (κ3) is 5.24. The maximum Gasteiger partial charge on any atom is -0.0454 e. The van der Waals surface area contributed by atoms with Crippen LogP contribution in [0.3, 0.4) is 0 Å². The largest absolute Gasteiger partial charge is 0.813 e. The number of fused-ring (bicyclic) bond motifs is 8. The summed E-state index contributed by atoms with van der Waals surface area (Å²) in [6.07, 6.45) is 3.33. The van der Waals surface area contributed by atoms with Crippen molar-refractivity contribution in [1.82, 2.24) is 0 Å². The van der Waals surface area contributed by atoms with Crippen molar-refractivity contribution >= 4 is 58.2 Å². The molecule has 35 heavy (non-hydrogen) atoms. The normalized spacial score (nSPS) is 14.9. The molecule has 0 bridgehead atoms. The molecule has 6 heteroatoms. The van der Waals surface area contributed by atoms with Crippen LogP contribution in [0.25, 0.3) is 17.2 Å². The first kappa shape index (κ1) is 26.8. The molecule has 4 aromatic rings. The number of hydrogen-bond acceptors (Lipinski definition) is 2. The minimum Gasteiger partial charge on any atom is -0.813 e. The van der Waals surface area contributed by atoms with Gasteiger partial charge in [-0.15, -0.1) is 70.8 Å². The van der Waals surface area contributed by atoms with Crippen molar-refractivity contribution in [2.24, 2.45) is 0 Å². The van der Waals surface area contributed by atoms with Crippen molar-refractivity contribution in [2.45, 2.75) is 12.3 Å². The second-order valence-electron chi connectivity index (χ2n) is 8.27. The van der Waals surface area contributed by atoms with E-state index in [9.17, 15) is 0 Å². The number of para-hydroxylation sites is 1. The van der Waals surface area contributed by atoms with Crippen LogP contribution in [0.15, 0.2) is 89.0 Å². The number of halogens is 3. The summed E-state index contributed by atoms with van der Waals surface area (Å²) in [6.45, 7) is 0. The Morgan fingerprint density at radius 1 is 0.914 bits per heavy atom. The van der Waals surface area contributed by atoms with Gasteiger partial charge in [-0.3, -0.25) is 0 Å². The molecule has 176 valence electrons. The van der Waals surface area contributed by atoms with Gasteiger partial charge in [0.25, 0.3) is 0 Å². The predicted octanol–water partition coefficient (Wildman–Crippen LogP) is 8.35. The van der Waals surface area contributed by atoms with E-state index in [-0.39, 0.29) is 13.5 Å². The van der Waals surface area contributed by atoms with Crippen molar-refractivity contribution in [3.63, 3.8) is 0 Å². The van der Waals surface area contributed by atoms with Crippen molar-refractivity contribution in [1.29, 1.82) is 0 Å². The second kappa shape index (κ2) is 11.8. The van der Waals surface area contributed by atoms with E-state index in [1.165, 1.54) is 50.3 Å². The molecule has 1 aliphatic heterocycles. The molecule has 0 spiro atoms. The first-order valence-electron chi connectivity index (χ1n) is 10.9. The van der Waals surface area contributed by atoms with E-state index in [2.05, 4.69) is 119 Å². The van der Waals surface area contributed by atoms with E-state index < -0.39 is 20.8 Å². The zero-order valence-electron chi connectivity index (χ0n) is 18.9. The summed E-state index contributed by atoms with van der Waals surface area (Å²) in [5.41, 5.74) is 12.2. The van der Waals surface area contributed by atoms with E-state index in [1.807, 2.05) is 6.07 Å². The predicted molar refractivity (Wildman–Crippen MR) is 152 cm³/mol. The van der Waals surface area contributed by atoms with Gasteiger partial charge in [0.2, 0.25) is 0 Å². The summed E-state index contributed by atoms with van der Waals surface area (Å²) < 4.78 is 1.02. The molecule has 0 fully saturated rings. The van der Waals surface area contributed by atoms with Crippen LogP contribution in [0.2, 0.25) is 0 Å². The number of nitrogens with zero attached hydrogens (tertiary/aromatic N) is 1. The average molecular weight is 658 g/mol. The fraction of sp³-hybridized carbons (Fsp3) is 0.103. The Balaban J connectivity index is 0.000000150. The van der Waals surface area contributed by atoms with Crippen molar-refractivity contribution < 1.29 is 20.8 Å². The molecule has 0 saturated heterocycles. The smallest absolute Gasteiger partial charge is 0.0454 e. The zero-order valence-corrected chi connectivity index (χ0v) is 25.3. The monoisotopic (exact) mass is 654 g/mol. The van der Waals surface area contributed by atoms with Crippen LogP contribution in [0.5, 0.6) is 0 Å². The van der Waals surface area contributed by atoms with Gasteiger partial charge in [0.15, 0.2) is 0 Å². The summed E-state index contributed by atoms with van der Waals surface area (Å²) in [5, 5.41) is 0. The fourth-order valence-electron chi connectivity index (χ4n) is 5.04. The summed E-state index contributed by atoms with van der Waals surface area (Å²) in [4.78, 5) is 2.29. The van der Waals surface area contributed by atoms with E-state index >= 15 is 0 Å². The van der Waals surface area contributed by atoms with Gasteiger partial charge in [0.1, 0.15) is 0 Å². The molecule has 1 heterocycles. The topological polar surface area (TPSA) is 3.24 Å². The third-order valence-electron chi connectivity index (χ3n) is 6.48. The van der Waals surface area contributed by atoms with Crippen LogP contribution < -0.4 is 4.90 Å². The third-order valence-corrected chi connectivity index (χ3v) is 6.94. The van der Waals surface area contributed by atoms with Gasteiger partial charge in [0.05, 0.1) is 0 Å².